The Morgan fingerprint density at radius 3 is 1.22 bits per heavy atom. The molecule has 0 aromatic heterocycles. The fourth-order valence-corrected chi connectivity index (χ4v) is 16.9. The molecular formula is C26H36Se. The summed E-state index contributed by atoms with van der Waals surface area (Å²) in [5, 5.41) is 0. The fourth-order valence-electron chi connectivity index (χ4n) is 12.1. The van der Waals surface area contributed by atoms with Gasteiger partial charge in [-0.2, -0.15) is 0 Å². The Bertz CT molecular complexity index is 601. The summed E-state index contributed by atoms with van der Waals surface area (Å²) >= 11 is 0.907. The van der Waals surface area contributed by atoms with E-state index in [1.807, 2.05) is 0 Å². The first kappa shape index (κ1) is 16.0. The zero-order valence-corrected chi connectivity index (χ0v) is 18.6. The van der Waals surface area contributed by atoms with Crippen molar-refractivity contribution in [3.8, 4) is 0 Å². The predicted molar refractivity (Wildman–Crippen MR) is 111 cm³/mol. The van der Waals surface area contributed by atoms with Crippen molar-refractivity contribution in [1.29, 1.82) is 0 Å². The van der Waals surface area contributed by atoms with Gasteiger partial charge < -0.3 is 0 Å². The third-order valence-corrected chi connectivity index (χ3v) is 16.2. The molecular weight excluding hydrogens is 391 g/mol. The van der Waals surface area contributed by atoms with Crippen molar-refractivity contribution in [2.45, 2.75) is 92.6 Å². The van der Waals surface area contributed by atoms with Gasteiger partial charge in [-0.05, 0) is 0 Å². The van der Waals surface area contributed by atoms with Crippen LogP contribution in [-0.4, -0.2) is 15.0 Å². The molecule has 10 aliphatic rings. The van der Waals surface area contributed by atoms with E-state index in [1.165, 1.54) is 0 Å². The Labute approximate surface area is 171 Å². The van der Waals surface area contributed by atoms with Crippen molar-refractivity contribution in [3.63, 3.8) is 0 Å². The molecule has 0 N–H and O–H groups in total. The first-order valence-electron chi connectivity index (χ1n) is 12.5. The van der Waals surface area contributed by atoms with Crippen molar-refractivity contribution in [1.82, 2.24) is 0 Å². The molecule has 1 heterocycles. The Morgan fingerprint density at radius 1 is 0.519 bits per heavy atom. The van der Waals surface area contributed by atoms with E-state index in [-0.39, 0.29) is 0 Å². The van der Waals surface area contributed by atoms with Gasteiger partial charge in [0, 0.05) is 0 Å². The van der Waals surface area contributed by atoms with Crippen LogP contribution in [0.2, 0.25) is 9.13 Å². The van der Waals surface area contributed by atoms with Crippen LogP contribution in [0.1, 0.15) is 83.5 Å². The summed E-state index contributed by atoms with van der Waals surface area (Å²) in [4.78, 5) is 1.03. The van der Waals surface area contributed by atoms with E-state index >= 15 is 0 Å². The van der Waals surface area contributed by atoms with Gasteiger partial charge in [0.1, 0.15) is 0 Å². The molecule has 0 radical (unpaired) electrons. The van der Waals surface area contributed by atoms with Crippen LogP contribution in [0.15, 0.2) is 12.2 Å². The normalized spacial score (nSPS) is 67.0. The topological polar surface area (TPSA) is 0 Å². The van der Waals surface area contributed by atoms with E-state index in [0.29, 0.717) is 0 Å². The van der Waals surface area contributed by atoms with E-state index < -0.39 is 0 Å². The van der Waals surface area contributed by atoms with Gasteiger partial charge in [0.05, 0.1) is 0 Å². The number of rotatable bonds is 2. The second-order valence-electron chi connectivity index (χ2n) is 13.0. The third-order valence-electron chi connectivity index (χ3n) is 11.6. The molecule has 0 aromatic rings. The minimum absolute atomic E-state index is 0.803. The Kier molecular flexibility index (Phi) is 2.93. The average Bonchev–Trinajstić information content (AvgIpc) is 3.21. The summed E-state index contributed by atoms with van der Waals surface area (Å²) in [5.41, 5.74) is 1.61. The molecule has 10 bridgehead atoms. The van der Waals surface area contributed by atoms with Gasteiger partial charge >= 0.3 is 172 Å². The second-order valence-corrected chi connectivity index (χ2v) is 16.1. The molecule has 0 nitrogen and oxygen atoms in total. The first-order chi connectivity index (χ1) is 13.2. The van der Waals surface area contributed by atoms with E-state index in [4.69, 9.17) is 0 Å². The van der Waals surface area contributed by atoms with Gasteiger partial charge in [-0.1, -0.05) is 0 Å². The molecule has 9 fully saturated rings. The number of allylic oxidation sites excluding steroid dienone is 2. The average molecular weight is 428 g/mol. The Balaban J connectivity index is 1.32. The molecule has 2 atom stereocenters. The Hall–Kier alpha value is 0.259. The molecule has 0 amide bonds. The van der Waals surface area contributed by atoms with Gasteiger partial charge in [0.15, 0.2) is 0 Å². The van der Waals surface area contributed by atoms with E-state index in [9.17, 15) is 0 Å². The van der Waals surface area contributed by atoms with Gasteiger partial charge in [-0.3, -0.25) is 0 Å². The summed E-state index contributed by atoms with van der Waals surface area (Å²) in [6.45, 7) is 0. The van der Waals surface area contributed by atoms with E-state index in [1.54, 1.807) is 83.5 Å². The van der Waals surface area contributed by atoms with Crippen molar-refractivity contribution in [2.75, 3.05) is 0 Å². The molecule has 8 saturated carbocycles. The van der Waals surface area contributed by atoms with Crippen LogP contribution in [0.3, 0.4) is 0 Å². The third kappa shape index (κ3) is 1.82. The van der Waals surface area contributed by atoms with E-state index in [0.717, 1.165) is 76.3 Å². The quantitative estimate of drug-likeness (QED) is 0.341. The van der Waals surface area contributed by atoms with Crippen molar-refractivity contribution in [3.05, 3.63) is 12.2 Å². The van der Waals surface area contributed by atoms with Crippen molar-refractivity contribution >= 4 is 15.0 Å². The number of hydrogen-bond donors (Lipinski definition) is 0. The molecule has 1 saturated heterocycles. The summed E-state index contributed by atoms with van der Waals surface area (Å²) in [6.07, 6.45) is 27.0. The molecule has 146 valence electrons. The van der Waals surface area contributed by atoms with Gasteiger partial charge in [0.2, 0.25) is 0 Å². The van der Waals surface area contributed by atoms with Crippen molar-refractivity contribution in [2.24, 2.45) is 52.3 Å². The fraction of sp³-hybridized carbons (Fsp3) is 0.923. The first-order valence-corrected chi connectivity index (χ1v) is 14.4. The van der Waals surface area contributed by atoms with Crippen molar-refractivity contribution < 1.29 is 0 Å². The SMILES string of the molecule is C1=C[C@H]2C[C@@H]1[Se]C2(C12CC3CC(CC(C3)C1)C2)C12CC3CC(CC(C3)C1)C2. The molecule has 9 aliphatic carbocycles. The molecule has 1 aliphatic heterocycles. The van der Waals surface area contributed by atoms with Crippen LogP contribution in [0, 0.1) is 52.3 Å². The van der Waals surface area contributed by atoms with Crippen LogP contribution in [0.4, 0.5) is 0 Å². The zero-order valence-electron chi connectivity index (χ0n) is 16.9. The second kappa shape index (κ2) is 4.94. The molecule has 1 heteroatoms. The summed E-state index contributed by atoms with van der Waals surface area (Å²) in [6, 6.07) is 0. The van der Waals surface area contributed by atoms with E-state index in [2.05, 4.69) is 12.2 Å². The zero-order chi connectivity index (χ0) is 17.4. The number of hydrogen-bond acceptors (Lipinski definition) is 0. The Morgan fingerprint density at radius 2 is 0.926 bits per heavy atom. The van der Waals surface area contributed by atoms with Crippen LogP contribution < -0.4 is 0 Å². The monoisotopic (exact) mass is 428 g/mol. The van der Waals surface area contributed by atoms with Gasteiger partial charge in [-0.15, -0.1) is 0 Å². The molecule has 27 heavy (non-hydrogen) atoms. The molecule has 0 unspecified atom stereocenters. The predicted octanol–water partition coefficient (Wildman–Crippen LogP) is 6.66. The van der Waals surface area contributed by atoms with Crippen LogP contribution >= 0.6 is 0 Å². The summed E-state index contributed by atoms with van der Waals surface area (Å²) in [7, 11) is 0. The summed E-state index contributed by atoms with van der Waals surface area (Å²) in [5.74, 6) is 7.85. The number of fused-ring (bicyclic) bond motifs is 2. The van der Waals surface area contributed by atoms with Gasteiger partial charge in [-0.25, -0.2) is 0 Å². The maximum absolute atomic E-state index is 2.81. The molecule has 0 aromatic carbocycles. The summed E-state index contributed by atoms with van der Waals surface area (Å²) < 4.78 is 0.804. The van der Waals surface area contributed by atoms with Gasteiger partial charge in [0.25, 0.3) is 0 Å². The van der Waals surface area contributed by atoms with Crippen LogP contribution in [-0.2, 0) is 0 Å². The van der Waals surface area contributed by atoms with Crippen LogP contribution in [0.5, 0.6) is 0 Å². The standard InChI is InChI=1S/C26H36Se/c1-2-23-9-22(1)26(27-23,24-10-16-3-17(11-24)5-18(4-16)12-24)25-13-19-6-20(14-25)8-21(7-19)15-25/h1-2,16-23H,3-15H2/t16?,17?,18?,19?,20?,21?,22-,23+,24?,25?,26?/m0/s1. The minimum atomic E-state index is 0.803. The molecule has 10 rings (SSSR count). The maximum atomic E-state index is 2.81. The molecule has 0 spiro atoms. The van der Waals surface area contributed by atoms with Crippen LogP contribution in [0.25, 0.3) is 0 Å².